The van der Waals surface area contributed by atoms with E-state index in [9.17, 15) is 18.0 Å². The molecule has 2 rings (SSSR count). The van der Waals surface area contributed by atoms with Gasteiger partial charge >= 0.3 is 12.1 Å². The maximum atomic E-state index is 12.8. The zero-order chi connectivity index (χ0) is 21.4. The average Bonchev–Trinajstić information content (AvgIpc) is 2.68. The second kappa shape index (κ2) is 10.1. The summed E-state index contributed by atoms with van der Waals surface area (Å²) in [6, 6.07) is 12.1. The van der Waals surface area contributed by atoms with Crippen molar-refractivity contribution in [2.24, 2.45) is 0 Å². The number of halogens is 3. The summed E-state index contributed by atoms with van der Waals surface area (Å²) in [5.74, 6) is -0.437. The van der Waals surface area contributed by atoms with Gasteiger partial charge < -0.3 is 14.6 Å². The monoisotopic (exact) mass is 408 g/mol. The molecule has 1 unspecified atom stereocenters. The third-order valence-electron chi connectivity index (χ3n) is 4.27. The number of ether oxygens (including phenoxy) is 2. The summed E-state index contributed by atoms with van der Waals surface area (Å²) in [4.78, 5) is 11.1. The number of alkyl halides is 3. The molecule has 2 aromatic rings. The smallest absolute Gasteiger partial charge is 0.416 e. The first kappa shape index (κ1) is 22.5. The highest BCUT2D eigenvalue weighted by atomic mass is 19.4. The number of benzene rings is 2. The first-order valence-corrected chi connectivity index (χ1v) is 9.11. The quantitative estimate of drug-likeness (QED) is 0.618. The van der Waals surface area contributed by atoms with Crippen LogP contribution in [0.5, 0.6) is 5.75 Å². The molecule has 0 fully saturated rings. The number of carboxylic acid groups (broad SMARTS) is 1. The van der Waals surface area contributed by atoms with Gasteiger partial charge in [0.25, 0.3) is 0 Å². The van der Waals surface area contributed by atoms with Gasteiger partial charge in [0.2, 0.25) is 0 Å². The molecule has 0 aliphatic rings. The predicted octanol–water partition coefficient (Wildman–Crippen LogP) is 5.22. The van der Waals surface area contributed by atoms with Gasteiger partial charge in [-0.3, -0.25) is 0 Å². The van der Waals surface area contributed by atoms with E-state index in [1.807, 2.05) is 0 Å². The highest BCUT2D eigenvalue weighted by molar-refractivity contribution is 5.72. The Kier molecular flexibility index (Phi) is 7.84. The number of aliphatic carboxylic acids is 1. The molecule has 0 spiro atoms. The highest BCUT2D eigenvalue weighted by Gasteiger charge is 2.30. The maximum Gasteiger partial charge on any atom is 0.416 e. The minimum absolute atomic E-state index is 0.193. The first-order chi connectivity index (χ1) is 13.7. The minimum atomic E-state index is -4.38. The molecule has 0 radical (unpaired) electrons. The molecule has 0 heterocycles. The summed E-state index contributed by atoms with van der Waals surface area (Å²) >= 11 is 0. The predicted molar refractivity (Wildman–Crippen MR) is 104 cm³/mol. The van der Waals surface area contributed by atoms with Crippen molar-refractivity contribution in [3.63, 3.8) is 0 Å². The van der Waals surface area contributed by atoms with Crippen LogP contribution in [0.25, 0.3) is 5.57 Å². The number of allylic oxidation sites excluding steroid dienone is 1. The number of rotatable bonds is 9. The molecule has 0 amide bonds. The zero-order valence-electron chi connectivity index (χ0n) is 16.2. The van der Waals surface area contributed by atoms with Crippen molar-refractivity contribution in [3.8, 4) is 5.75 Å². The van der Waals surface area contributed by atoms with E-state index in [1.165, 1.54) is 6.07 Å². The van der Waals surface area contributed by atoms with Crippen LogP contribution in [0.1, 0.15) is 30.5 Å². The third kappa shape index (κ3) is 6.94. The largest absolute Gasteiger partial charge is 0.490 e. The number of carbonyl (C=O) groups is 1. The van der Waals surface area contributed by atoms with Gasteiger partial charge in [0.1, 0.15) is 12.4 Å². The van der Waals surface area contributed by atoms with Gasteiger partial charge in [0.15, 0.2) is 6.10 Å². The summed E-state index contributed by atoms with van der Waals surface area (Å²) in [5.41, 5.74) is 1.27. The lowest BCUT2D eigenvalue weighted by molar-refractivity contribution is -0.150. The van der Waals surface area contributed by atoms with Crippen LogP contribution in [-0.4, -0.2) is 30.4 Å². The Hall–Kier alpha value is -2.80. The molecule has 0 aliphatic carbocycles. The molecule has 0 saturated heterocycles. The molecule has 156 valence electrons. The standard InChI is InChI=1S/C22H23F3O4/c1-3-28-20(21(26)27)13-16-7-9-19(10-8-16)29-12-11-15(2)17-5-4-6-18(14-17)22(23,24)25/h4-11,14,20H,3,12-13H2,1-2H3,(H,26,27)/b15-11+. The Morgan fingerprint density at radius 2 is 1.86 bits per heavy atom. The maximum absolute atomic E-state index is 12.8. The van der Waals surface area contributed by atoms with Crippen LogP contribution in [0, 0.1) is 0 Å². The van der Waals surface area contributed by atoms with Crippen LogP contribution in [0.15, 0.2) is 54.6 Å². The summed E-state index contributed by atoms with van der Waals surface area (Å²) in [5, 5.41) is 9.13. The number of hydrogen-bond donors (Lipinski definition) is 1. The van der Waals surface area contributed by atoms with E-state index in [1.54, 1.807) is 50.3 Å². The normalized spacial score (nSPS) is 13.2. The fourth-order valence-corrected chi connectivity index (χ4v) is 2.68. The lowest BCUT2D eigenvalue weighted by Gasteiger charge is -2.13. The van der Waals surface area contributed by atoms with E-state index < -0.39 is 23.8 Å². The van der Waals surface area contributed by atoms with Gasteiger partial charge in [-0.2, -0.15) is 13.2 Å². The fourth-order valence-electron chi connectivity index (χ4n) is 2.68. The number of hydrogen-bond acceptors (Lipinski definition) is 3. The van der Waals surface area contributed by atoms with Gasteiger partial charge in [0.05, 0.1) is 5.56 Å². The summed E-state index contributed by atoms with van der Waals surface area (Å²) in [7, 11) is 0. The molecule has 1 atom stereocenters. The summed E-state index contributed by atoms with van der Waals surface area (Å²) in [6.45, 7) is 3.97. The second-order valence-electron chi connectivity index (χ2n) is 6.41. The minimum Gasteiger partial charge on any atom is -0.490 e. The molecule has 0 aromatic heterocycles. The van der Waals surface area contributed by atoms with Crippen molar-refractivity contribution in [2.45, 2.75) is 32.5 Å². The SMILES string of the molecule is CCOC(Cc1ccc(OC/C=C(\C)c2cccc(C(F)(F)F)c2)cc1)C(=O)O. The van der Waals surface area contributed by atoms with Crippen molar-refractivity contribution >= 4 is 11.5 Å². The summed E-state index contributed by atoms with van der Waals surface area (Å²) < 4.78 is 49.3. The summed E-state index contributed by atoms with van der Waals surface area (Å²) in [6.07, 6.45) is -3.32. The lowest BCUT2D eigenvalue weighted by atomic mass is 10.0. The van der Waals surface area contributed by atoms with Gasteiger partial charge in [-0.1, -0.05) is 24.3 Å². The Bertz CT molecular complexity index is 842. The first-order valence-electron chi connectivity index (χ1n) is 9.11. The highest BCUT2D eigenvalue weighted by Crippen LogP contribution is 2.30. The Morgan fingerprint density at radius 1 is 1.17 bits per heavy atom. The van der Waals surface area contributed by atoms with Crippen LogP contribution in [-0.2, 0) is 22.1 Å². The van der Waals surface area contributed by atoms with E-state index in [0.717, 1.165) is 17.7 Å². The number of carboxylic acids is 1. The van der Waals surface area contributed by atoms with E-state index in [2.05, 4.69) is 0 Å². The topological polar surface area (TPSA) is 55.8 Å². The molecule has 4 nitrogen and oxygen atoms in total. The van der Waals surface area contributed by atoms with Crippen LogP contribution in [0.4, 0.5) is 13.2 Å². The fraction of sp³-hybridized carbons (Fsp3) is 0.318. The van der Waals surface area contributed by atoms with Gasteiger partial charge in [-0.25, -0.2) is 4.79 Å². The van der Waals surface area contributed by atoms with E-state index in [4.69, 9.17) is 14.6 Å². The van der Waals surface area contributed by atoms with Gasteiger partial charge in [-0.05, 0) is 60.9 Å². The van der Waals surface area contributed by atoms with E-state index in [0.29, 0.717) is 23.5 Å². The Balaban J connectivity index is 1.95. The van der Waals surface area contributed by atoms with Crippen molar-refractivity contribution in [1.29, 1.82) is 0 Å². The Morgan fingerprint density at radius 3 is 2.45 bits per heavy atom. The molecular weight excluding hydrogens is 385 g/mol. The second-order valence-corrected chi connectivity index (χ2v) is 6.41. The molecule has 2 aromatic carbocycles. The molecule has 0 saturated carbocycles. The van der Waals surface area contributed by atoms with E-state index in [-0.39, 0.29) is 13.0 Å². The van der Waals surface area contributed by atoms with E-state index >= 15 is 0 Å². The molecule has 1 N–H and O–H groups in total. The lowest BCUT2D eigenvalue weighted by Crippen LogP contribution is -2.26. The molecular formula is C22H23F3O4. The van der Waals surface area contributed by atoms with Crippen LogP contribution in [0.2, 0.25) is 0 Å². The van der Waals surface area contributed by atoms with Crippen molar-refractivity contribution in [3.05, 3.63) is 71.3 Å². The van der Waals surface area contributed by atoms with Gasteiger partial charge in [0, 0.05) is 13.0 Å². The van der Waals surface area contributed by atoms with Gasteiger partial charge in [-0.15, -0.1) is 0 Å². The average molecular weight is 408 g/mol. The molecule has 29 heavy (non-hydrogen) atoms. The van der Waals surface area contributed by atoms with Crippen molar-refractivity contribution < 1.29 is 32.5 Å². The molecule has 0 aliphatic heterocycles. The van der Waals surface area contributed by atoms with Crippen LogP contribution in [0.3, 0.4) is 0 Å². The molecule has 7 heteroatoms. The zero-order valence-corrected chi connectivity index (χ0v) is 16.2. The van der Waals surface area contributed by atoms with Crippen molar-refractivity contribution in [1.82, 2.24) is 0 Å². The van der Waals surface area contributed by atoms with Crippen LogP contribution >= 0.6 is 0 Å². The Labute approximate surface area is 167 Å². The van der Waals surface area contributed by atoms with Crippen LogP contribution < -0.4 is 4.74 Å². The third-order valence-corrected chi connectivity index (χ3v) is 4.27. The van der Waals surface area contributed by atoms with Crippen molar-refractivity contribution in [2.75, 3.05) is 13.2 Å². The molecule has 0 bridgehead atoms.